The summed E-state index contributed by atoms with van der Waals surface area (Å²) < 4.78 is 4.29. The van der Waals surface area contributed by atoms with Gasteiger partial charge in [-0.1, -0.05) is 0 Å². The molecule has 0 unspecified atom stereocenters. The number of rotatable bonds is 2. The van der Waals surface area contributed by atoms with Crippen molar-refractivity contribution in [3.63, 3.8) is 0 Å². The molecule has 0 spiro atoms. The number of ether oxygens (including phenoxy) is 1. The van der Waals surface area contributed by atoms with E-state index in [1.54, 1.807) is 6.92 Å². The molecule has 0 aromatic heterocycles. The van der Waals surface area contributed by atoms with Crippen molar-refractivity contribution < 1.29 is 60.9 Å². The summed E-state index contributed by atoms with van der Waals surface area (Å²) >= 11 is 0. The molecule has 0 fully saturated rings. The van der Waals surface area contributed by atoms with Crippen LogP contribution in [0.5, 0.6) is 0 Å². The molecule has 0 aliphatic rings. The van der Waals surface area contributed by atoms with E-state index in [1.807, 2.05) is 0 Å². The van der Waals surface area contributed by atoms with Crippen molar-refractivity contribution in [2.45, 2.75) is 6.92 Å². The van der Waals surface area contributed by atoms with Crippen molar-refractivity contribution in [3.05, 3.63) is 5.21 Å². The maximum absolute atomic E-state index is 10.4. The summed E-state index contributed by atoms with van der Waals surface area (Å²) in [6.45, 7) is 1.69. The molecule has 0 radical (unpaired) electrons. The predicted molar refractivity (Wildman–Crippen MR) is 33.0 cm³/mol. The van der Waals surface area contributed by atoms with Gasteiger partial charge in [0.05, 0.1) is 6.61 Å². The number of carbonyl (C=O) groups excluding carboxylic acids is 1. The van der Waals surface area contributed by atoms with Gasteiger partial charge >= 0.3 is 57.4 Å². The van der Waals surface area contributed by atoms with Crippen LogP contribution in [0, 0.1) is 16.5 Å². The van der Waals surface area contributed by atoms with Crippen molar-refractivity contribution in [2.75, 3.05) is 6.61 Å². The fourth-order valence-electron chi connectivity index (χ4n) is 0.303. The number of hydrogen-bond donors (Lipinski definition) is 0. The average molecular weight is 180 g/mol. The smallest absolute Gasteiger partial charge is 0.791 e. The number of carbonyl (C=O) groups is 1. The Morgan fingerprint density at radius 3 is 2.64 bits per heavy atom. The Balaban J connectivity index is 0. The first-order valence-corrected chi connectivity index (χ1v) is 2.53. The van der Waals surface area contributed by atoms with Crippen LogP contribution in [0.25, 0.3) is 0 Å². The first kappa shape index (κ1) is 13.6. The Morgan fingerprint density at radius 1 is 1.82 bits per heavy atom. The molecule has 6 heteroatoms. The summed E-state index contributed by atoms with van der Waals surface area (Å²) in [7, 11) is 0. The molecule has 0 atom stereocenters. The van der Waals surface area contributed by atoms with Gasteiger partial charge in [0.2, 0.25) is 5.71 Å². The summed E-state index contributed by atoms with van der Waals surface area (Å²) in [4.78, 5) is 10.4. The zero-order chi connectivity index (χ0) is 7.98. The van der Waals surface area contributed by atoms with Gasteiger partial charge in [-0.15, -0.1) is 0 Å². The molecule has 0 aromatic carbocycles. The van der Waals surface area contributed by atoms with Gasteiger partial charge in [-0.3, -0.25) is 0 Å². The largest absolute Gasteiger partial charge is 1.00 e. The van der Waals surface area contributed by atoms with Crippen LogP contribution in [-0.4, -0.2) is 18.3 Å². The topological polar surface area (TPSA) is 85.5 Å². The van der Waals surface area contributed by atoms with Crippen molar-refractivity contribution in [1.29, 1.82) is 5.26 Å². The molecule has 0 aliphatic carbocycles. The Kier molecular flexibility index (Phi) is 10.1. The van der Waals surface area contributed by atoms with Crippen LogP contribution in [-0.2, 0) is 9.53 Å². The minimum absolute atomic E-state index is 0. The van der Waals surface area contributed by atoms with E-state index >= 15 is 0 Å². The van der Waals surface area contributed by atoms with Gasteiger partial charge in [0.15, 0.2) is 0 Å². The molecular formula is C5H5KN2O3. The molecule has 0 heterocycles. The van der Waals surface area contributed by atoms with Crippen molar-refractivity contribution >= 4 is 11.7 Å². The Bertz CT molecular complexity index is 196. The number of nitrogens with zero attached hydrogens (tertiary/aromatic N) is 2. The average Bonchev–Trinajstić information content (AvgIpc) is 1.91. The molecule has 5 nitrogen and oxygen atoms in total. The van der Waals surface area contributed by atoms with Crippen molar-refractivity contribution in [3.8, 4) is 6.07 Å². The first-order valence-electron chi connectivity index (χ1n) is 2.53. The van der Waals surface area contributed by atoms with Crippen molar-refractivity contribution in [2.24, 2.45) is 5.16 Å². The van der Waals surface area contributed by atoms with Gasteiger partial charge in [0.1, 0.15) is 6.07 Å². The summed E-state index contributed by atoms with van der Waals surface area (Å²) in [5.41, 5.74) is -0.748. The Morgan fingerprint density at radius 2 is 2.36 bits per heavy atom. The molecular weight excluding hydrogens is 175 g/mol. The van der Waals surface area contributed by atoms with Crippen LogP contribution in [0.15, 0.2) is 5.16 Å². The molecule has 0 amide bonds. The third-order valence-electron chi connectivity index (χ3n) is 0.666. The van der Waals surface area contributed by atoms with Gasteiger partial charge in [-0.05, 0) is 6.92 Å². The van der Waals surface area contributed by atoms with Crippen LogP contribution in [0.4, 0.5) is 0 Å². The minimum atomic E-state index is -0.972. The molecule has 0 saturated carbocycles. The first-order chi connectivity index (χ1) is 4.76. The quantitative estimate of drug-likeness (QED) is 0.196. The van der Waals surface area contributed by atoms with E-state index in [9.17, 15) is 10.0 Å². The molecule has 11 heavy (non-hydrogen) atoms. The van der Waals surface area contributed by atoms with Crippen molar-refractivity contribution in [1.82, 2.24) is 0 Å². The normalized spacial score (nSPS) is 9.27. The van der Waals surface area contributed by atoms with E-state index in [0.29, 0.717) is 0 Å². The zero-order valence-corrected chi connectivity index (χ0v) is 9.45. The standard InChI is InChI=1S/C5H6N2O3.K/c1-2-10-5(8)4(3-6)7-9;/h9H,2H2,1H3;/q;+1/p-1/b7-4-;. The van der Waals surface area contributed by atoms with E-state index in [1.165, 1.54) is 6.07 Å². The van der Waals surface area contributed by atoms with Gasteiger partial charge < -0.3 is 15.1 Å². The molecule has 0 N–H and O–H groups in total. The molecule has 0 rings (SSSR count). The third kappa shape index (κ3) is 5.35. The minimum Gasteiger partial charge on any atom is -0.791 e. The van der Waals surface area contributed by atoms with Crippen LogP contribution >= 0.6 is 0 Å². The van der Waals surface area contributed by atoms with Gasteiger partial charge in [0.25, 0.3) is 0 Å². The van der Waals surface area contributed by atoms with Crippen LogP contribution < -0.4 is 51.4 Å². The second-order valence-electron chi connectivity index (χ2n) is 1.27. The number of nitriles is 1. The summed E-state index contributed by atoms with van der Waals surface area (Å²) in [6.07, 6.45) is 0. The molecule has 0 saturated heterocycles. The number of hydrogen-bond acceptors (Lipinski definition) is 5. The third-order valence-corrected chi connectivity index (χ3v) is 0.666. The SMILES string of the molecule is CCOC(=O)/C(C#N)=N\[O-].[K+]. The predicted octanol–water partition coefficient (Wildman–Crippen LogP) is -2.98. The van der Waals surface area contributed by atoms with Gasteiger partial charge in [-0.25, -0.2) is 4.79 Å². The Labute approximate surface area is 106 Å². The van der Waals surface area contributed by atoms with Crippen LogP contribution in [0.1, 0.15) is 6.92 Å². The summed E-state index contributed by atoms with van der Waals surface area (Å²) in [5.74, 6) is -0.972. The molecule has 0 aromatic rings. The maximum Gasteiger partial charge on any atom is 1.00 e. The fraction of sp³-hybridized carbons (Fsp3) is 0.400. The monoisotopic (exact) mass is 180 g/mol. The fourth-order valence-corrected chi connectivity index (χ4v) is 0.303. The second-order valence-corrected chi connectivity index (χ2v) is 1.27. The molecule has 0 aliphatic heterocycles. The zero-order valence-electron chi connectivity index (χ0n) is 6.33. The van der Waals surface area contributed by atoms with E-state index < -0.39 is 11.7 Å². The summed E-state index contributed by atoms with van der Waals surface area (Å²) in [6, 6.07) is 1.30. The van der Waals surface area contributed by atoms with E-state index in [2.05, 4.69) is 9.89 Å². The summed E-state index contributed by atoms with van der Waals surface area (Å²) in [5, 5.41) is 19.8. The molecule has 0 bridgehead atoms. The van der Waals surface area contributed by atoms with Crippen LogP contribution in [0.3, 0.4) is 0 Å². The van der Waals surface area contributed by atoms with E-state index in [0.717, 1.165) is 0 Å². The van der Waals surface area contributed by atoms with E-state index in [-0.39, 0.29) is 58.0 Å². The Hall–Kier alpha value is 0.0664. The van der Waals surface area contributed by atoms with Crippen LogP contribution in [0.2, 0.25) is 0 Å². The maximum atomic E-state index is 10.4. The van der Waals surface area contributed by atoms with E-state index in [4.69, 9.17) is 5.26 Å². The second kappa shape index (κ2) is 8.17. The number of esters is 1. The van der Waals surface area contributed by atoms with Gasteiger partial charge in [-0.2, -0.15) is 5.26 Å². The van der Waals surface area contributed by atoms with Gasteiger partial charge in [0, 0.05) is 0 Å². The molecule has 54 valence electrons.